The monoisotopic (exact) mass is 397 g/mol. The van der Waals surface area contributed by atoms with Gasteiger partial charge >= 0.3 is 5.97 Å². The number of carbonyl (C=O) groups excluding carboxylic acids is 1. The van der Waals surface area contributed by atoms with Crippen molar-refractivity contribution in [1.29, 1.82) is 0 Å². The van der Waals surface area contributed by atoms with Crippen LogP contribution in [0.4, 0.5) is 0 Å². The Labute approximate surface area is 135 Å². The molecule has 0 spiro atoms. The van der Waals surface area contributed by atoms with Crippen LogP contribution >= 0.6 is 27.5 Å². The molecule has 0 bridgehead atoms. The summed E-state index contributed by atoms with van der Waals surface area (Å²) in [6, 6.07) is 3.11. The molecule has 0 aliphatic heterocycles. The van der Waals surface area contributed by atoms with Crippen LogP contribution in [0.25, 0.3) is 0 Å². The van der Waals surface area contributed by atoms with Crippen LogP contribution in [0.1, 0.15) is 16.8 Å². The average Bonchev–Trinajstić information content (AvgIpc) is 2.36. The van der Waals surface area contributed by atoms with Gasteiger partial charge in [-0.1, -0.05) is 11.6 Å². The zero-order valence-corrected chi connectivity index (χ0v) is 14.1. The first-order valence-corrected chi connectivity index (χ1v) is 9.00. The first kappa shape index (κ1) is 17.9. The number of carboxylic acid groups (broad SMARTS) is 1. The lowest BCUT2D eigenvalue weighted by Gasteiger charge is -2.14. The molecule has 2 N–H and O–H groups in total. The summed E-state index contributed by atoms with van der Waals surface area (Å²) in [4.78, 5) is 23.0. The molecule has 1 aromatic rings. The van der Waals surface area contributed by atoms with Crippen molar-refractivity contribution < 1.29 is 23.1 Å². The van der Waals surface area contributed by atoms with Crippen LogP contribution < -0.4 is 5.32 Å². The third kappa shape index (κ3) is 6.03. The summed E-state index contributed by atoms with van der Waals surface area (Å²) in [6.07, 6.45) is 0.804. The molecule has 116 valence electrons. The van der Waals surface area contributed by atoms with Crippen LogP contribution in [-0.2, 0) is 14.6 Å². The Morgan fingerprint density at radius 2 is 2.05 bits per heavy atom. The highest BCUT2D eigenvalue weighted by Gasteiger charge is 2.22. The number of sulfone groups is 1. The van der Waals surface area contributed by atoms with Gasteiger partial charge in [-0.15, -0.1) is 0 Å². The first-order valence-electron chi connectivity index (χ1n) is 5.76. The maximum Gasteiger partial charge on any atom is 0.326 e. The zero-order chi connectivity index (χ0) is 16.2. The van der Waals surface area contributed by atoms with Gasteiger partial charge in [0, 0.05) is 16.3 Å². The topological polar surface area (TPSA) is 101 Å². The molecular weight excluding hydrogens is 386 g/mol. The van der Waals surface area contributed by atoms with Crippen LogP contribution in [0.15, 0.2) is 22.7 Å². The smallest absolute Gasteiger partial charge is 0.326 e. The summed E-state index contributed by atoms with van der Waals surface area (Å²) in [6.45, 7) is 0. The van der Waals surface area contributed by atoms with Crippen LogP contribution in [0.5, 0.6) is 0 Å². The lowest BCUT2D eigenvalue weighted by molar-refractivity contribution is -0.139. The van der Waals surface area contributed by atoms with E-state index in [-0.39, 0.29) is 17.7 Å². The van der Waals surface area contributed by atoms with E-state index in [1.54, 1.807) is 0 Å². The normalized spacial score (nSPS) is 12.7. The quantitative estimate of drug-likeness (QED) is 0.760. The fourth-order valence-electron chi connectivity index (χ4n) is 1.47. The molecular formula is C12H13BrClNO5S. The fraction of sp³-hybridized carbons (Fsp3) is 0.333. The molecule has 1 unspecified atom stereocenters. The number of carbonyl (C=O) groups is 2. The van der Waals surface area contributed by atoms with Gasteiger partial charge < -0.3 is 10.4 Å². The Kier molecular flexibility index (Phi) is 6.18. The van der Waals surface area contributed by atoms with E-state index >= 15 is 0 Å². The number of amides is 1. The SMILES string of the molecule is CS(=O)(=O)CCC(NC(=O)c1ccc(Cl)c(Br)c1)C(=O)O. The molecule has 0 aliphatic carbocycles. The van der Waals surface area contributed by atoms with Crippen molar-refractivity contribution in [3.8, 4) is 0 Å². The lowest BCUT2D eigenvalue weighted by atomic mass is 10.1. The van der Waals surface area contributed by atoms with E-state index in [2.05, 4.69) is 21.2 Å². The molecule has 0 saturated carbocycles. The van der Waals surface area contributed by atoms with E-state index in [9.17, 15) is 18.0 Å². The standard InChI is InChI=1S/C12H13BrClNO5S/c1-21(19,20)5-4-10(12(17)18)15-11(16)7-2-3-9(14)8(13)6-7/h2-3,6,10H,4-5H2,1H3,(H,15,16)(H,17,18). The van der Waals surface area contributed by atoms with E-state index in [1.807, 2.05) is 0 Å². The van der Waals surface area contributed by atoms with Crippen molar-refractivity contribution in [3.63, 3.8) is 0 Å². The van der Waals surface area contributed by atoms with Crippen LogP contribution in [0.3, 0.4) is 0 Å². The molecule has 0 heterocycles. The Morgan fingerprint density at radius 3 is 2.52 bits per heavy atom. The summed E-state index contributed by atoms with van der Waals surface area (Å²) in [5.41, 5.74) is 0.219. The second-order valence-corrected chi connectivity index (χ2v) is 7.93. The summed E-state index contributed by atoms with van der Waals surface area (Å²) in [5, 5.41) is 11.7. The summed E-state index contributed by atoms with van der Waals surface area (Å²) in [5.74, 6) is -2.23. The third-order valence-corrected chi connectivity index (χ3v) is 4.75. The lowest BCUT2D eigenvalue weighted by Crippen LogP contribution is -2.41. The Hall–Kier alpha value is -1.12. The molecule has 6 nitrogen and oxygen atoms in total. The number of halogens is 2. The minimum absolute atomic E-state index is 0.200. The minimum Gasteiger partial charge on any atom is -0.480 e. The van der Waals surface area contributed by atoms with Gasteiger partial charge in [-0.3, -0.25) is 4.79 Å². The fourth-order valence-corrected chi connectivity index (χ4v) is 2.63. The van der Waals surface area contributed by atoms with Crippen molar-refractivity contribution in [2.24, 2.45) is 0 Å². The molecule has 9 heteroatoms. The number of rotatable bonds is 6. The van der Waals surface area contributed by atoms with Gasteiger partial charge in [-0.2, -0.15) is 0 Å². The summed E-state index contributed by atoms with van der Waals surface area (Å²) < 4.78 is 22.6. The van der Waals surface area contributed by atoms with Crippen LogP contribution in [0, 0.1) is 0 Å². The van der Waals surface area contributed by atoms with Gasteiger partial charge in [-0.05, 0) is 40.5 Å². The molecule has 0 fully saturated rings. The van der Waals surface area contributed by atoms with Crippen molar-refractivity contribution in [1.82, 2.24) is 5.32 Å². The zero-order valence-electron chi connectivity index (χ0n) is 11.0. The molecule has 21 heavy (non-hydrogen) atoms. The van der Waals surface area contributed by atoms with Gasteiger partial charge in [0.25, 0.3) is 5.91 Å². The molecule has 0 saturated heterocycles. The minimum atomic E-state index is -3.31. The van der Waals surface area contributed by atoms with Gasteiger partial charge in [0.15, 0.2) is 0 Å². The third-order valence-electron chi connectivity index (χ3n) is 2.56. The number of carboxylic acids is 1. The predicted octanol–water partition coefficient (Wildman–Crippen LogP) is 1.72. The van der Waals surface area contributed by atoms with Gasteiger partial charge in [0.05, 0.1) is 10.8 Å². The van der Waals surface area contributed by atoms with Crippen molar-refractivity contribution in [2.45, 2.75) is 12.5 Å². The number of nitrogens with one attached hydrogen (secondary N) is 1. The van der Waals surface area contributed by atoms with E-state index in [4.69, 9.17) is 16.7 Å². The van der Waals surface area contributed by atoms with Crippen molar-refractivity contribution in [2.75, 3.05) is 12.0 Å². The summed E-state index contributed by atoms with van der Waals surface area (Å²) >= 11 is 8.96. The molecule has 1 rings (SSSR count). The highest BCUT2D eigenvalue weighted by Crippen LogP contribution is 2.23. The number of benzene rings is 1. The van der Waals surface area contributed by atoms with Crippen molar-refractivity contribution in [3.05, 3.63) is 33.3 Å². The Morgan fingerprint density at radius 1 is 1.43 bits per heavy atom. The summed E-state index contributed by atoms with van der Waals surface area (Å²) in [7, 11) is -3.31. The number of hydrogen-bond acceptors (Lipinski definition) is 4. The van der Waals surface area contributed by atoms with E-state index in [1.165, 1.54) is 18.2 Å². The molecule has 0 aliphatic rings. The van der Waals surface area contributed by atoms with E-state index < -0.39 is 27.8 Å². The van der Waals surface area contributed by atoms with E-state index in [0.29, 0.717) is 9.50 Å². The second-order valence-electron chi connectivity index (χ2n) is 4.41. The Balaban J connectivity index is 2.81. The molecule has 0 radical (unpaired) electrons. The van der Waals surface area contributed by atoms with Gasteiger partial charge in [0.1, 0.15) is 15.9 Å². The molecule has 1 aromatic carbocycles. The first-order chi connectivity index (χ1) is 9.60. The highest BCUT2D eigenvalue weighted by molar-refractivity contribution is 9.10. The largest absolute Gasteiger partial charge is 0.480 e. The van der Waals surface area contributed by atoms with Crippen LogP contribution in [-0.4, -0.2) is 43.5 Å². The molecule has 0 aromatic heterocycles. The van der Waals surface area contributed by atoms with Gasteiger partial charge in [0.2, 0.25) is 0 Å². The number of hydrogen-bond donors (Lipinski definition) is 2. The molecule has 1 amide bonds. The van der Waals surface area contributed by atoms with Gasteiger partial charge in [-0.25, -0.2) is 13.2 Å². The highest BCUT2D eigenvalue weighted by atomic mass is 79.9. The van der Waals surface area contributed by atoms with Crippen LogP contribution in [0.2, 0.25) is 5.02 Å². The van der Waals surface area contributed by atoms with Crippen molar-refractivity contribution >= 4 is 49.2 Å². The Bertz CT molecular complexity index is 662. The maximum absolute atomic E-state index is 12.0. The number of aliphatic carboxylic acids is 1. The second kappa shape index (κ2) is 7.24. The predicted molar refractivity (Wildman–Crippen MR) is 82.4 cm³/mol. The molecule has 1 atom stereocenters. The van der Waals surface area contributed by atoms with E-state index in [0.717, 1.165) is 6.26 Å². The average molecular weight is 399 g/mol. The maximum atomic E-state index is 12.0.